The first-order valence-corrected chi connectivity index (χ1v) is 8.93. The van der Waals surface area contributed by atoms with Crippen LogP contribution in [0.2, 0.25) is 0 Å². The maximum absolute atomic E-state index is 12.6. The number of aromatic amines is 1. The number of ether oxygens (including phenoxy) is 2. The second-order valence-corrected chi connectivity index (χ2v) is 6.66. The number of amides is 1. The second-order valence-electron chi connectivity index (χ2n) is 6.66. The molecular weight excluding hydrogens is 320 g/mol. The highest BCUT2D eigenvalue weighted by Crippen LogP contribution is 2.22. The van der Waals surface area contributed by atoms with E-state index in [1.165, 1.54) is 0 Å². The number of H-pyrrole nitrogens is 1. The molecule has 0 spiro atoms. The zero-order chi connectivity index (χ0) is 17.1. The van der Waals surface area contributed by atoms with Crippen molar-refractivity contribution in [2.75, 3.05) is 46.1 Å². The lowest BCUT2D eigenvalue weighted by molar-refractivity contribution is 0.00165. The Labute approximate surface area is 146 Å². The van der Waals surface area contributed by atoms with Crippen molar-refractivity contribution in [1.82, 2.24) is 20.2 Å². The maximum atomic E-state index is 12.6. The van der Waals surface area contributed by atoms with Crippen molar-refractivity contribution in [3.05, 3.63) is 30.1 Å². The number of hydrogen-bond donors (Lipinski definition) is 2. The molecule has 2 saturated heterocycles. The van der Waals surface area contributed by atoms with Gasteiger partial charge in [0, 0.05) is 49.8 Å². The molecule has 2 aromatic heterocycles. The molecule has 2 unspecified atom stereocenters. The average Bonchev–Trinajstić information content (AvgIpc) is 3.34. The monoisotopic (exact) mass is 344 g/mol. The third-order valence-electron chi connectivity index (χ3n) is 5.14. The zero-order valence-electron chi connectivity index (χ0n) is 14.2. The topological polar surface area (TPSA) is 79.5 Å². The summed E-state index contributed by atoms with van der Waals surface area (Å²) in [6.07, 6.45) is 2.87. The number of carbonyl (C=O) groups excluding carboxylic acids is 1. The Morgan fingerprint density at radius 2 is 2.16 bits per heavy atom. The molecule has 2 N–H and O–H groups in total. The van der Waals surface area contributed by atoms with Crippen molar-refractivity contribution >= 4 is 16.9 Å². The van der Waals surface area contributed by atoms with E-state index in [0.717, 1.165) is 57.0 Å². The van der Waals surface area contributed by atoms with Gasteiger partial charge in [-0.3, -0.25) is 9.69 Å². The molecule has 2 aliphatic rings. The lowest BCUT2D eigenvalue weighted by atomic mass is 9.97. The molecule has 0 aromatic carbocycles. The maximum Gasteiger partial charge on any atom is 0.270 e. The van der Waals surface area contributed by atoms with Crippen LogP contribution in [0.3, 0.4) is 0 Å². The van der Waals surface area contributed by atoms with Gasteiger partial charge in [0.1, 0.15) is 11.3 Å². The molecule has 134 valence electrons. The standard InChI is InChI=1S/C18H24N4O3/c23-18(15-2-1-13-3-5-19-17(13)21-15)20-11-16(14-4-8-25-12-14)22-6-9-24-10-7-22/h1-3,5,14,16H,4,6-12H2,(H,19,21)(H,20,23). The van der Waals surface area contributed by atoms with Gasteiger partial charge in [-0.05, 0) is 24.6 Å². The molecule has 2 aromatic rings. The summed E-state index contributed by atoms with van der Waals surface area (Å²) in [5.74, 6) is 0.325. The molecule has 4 heterocycles. The molecule has 4 rings (SSSR count). The van der Waals surface area contributed by atoms with Gasteiger partial charge in [0.05, 0.1) is 19.8 Å². The second kappa shape index (κ2) is 7.51. The summed E-state index contributed by atoms with van der Waals surface area (Å²) in [7, 11) is 0. The first kappa shape index (κ1) is 16.5. The van der Waals surface area contributed by atoms with Crippen molar-refractivity contribution < 1.29 is 14.3 Å². The number of morpholine rings is 1. The van der Waals surface area contributed by atoms with Crippen LogP contribution in [-0.2, 0) is 9.47 Å². The summed E-state index contributed by atoms with van der Waals surface area (Å²) in [6.45, 7) is 5.51. The minimum atomic E-state index is -0.131. The van der Waals surface area contributed by atoms with Gasteiger partial charge in [-0.15, -0.1) is 0 Å². The minimum absolute atomic E-state index is 0.131. The van der Waals surface area contributed by atoms with Gasteiger partial charge in [0.2, 0.25) is 0 Å². The lowest BCUT2D eigenvalue weighted by Crippen LogP contribution is -2.52. The number of nitrogens with one attached hydrogen (secondary N) is 2. The van der Waals surface area contributed by atoms with Crippen LogP contribution in [0, 0.1) is 5.92 Å². The van der Waals surface area contributed by atoms with E-state index in [-0.39, 0.29) is 11.9 Å². The van der Waals surface area contributed by atoms with Crippen LogP contribution in [0.25, 0.3) is 11.0 Å². The van der Waals surface area contributed by atoms with Crippen LogP contribution < -0.4 is 5.32 Å². The Morgan fingerprint density at radius 3 is 2.96 bits per heavy atom. The Balaban J connectivity index is 1.43. The molecule has 25 heavy (non-hydrogen) atoms. The van der Waals surface area contributed by atoms with Crippen LogP contribution in [0.15, 0.2) is 24.4 Å². The minimum Gasteiger partial charge on any atom is -0.381 e. The molecule has 0 saturated carbocycles. The van der Waals surface area contributed by atoms with Gasteiger partial charge in [-0.25, -0.2) is 4.98 Å². The van der Waals surface area contributed by atoms with Crippen molar-refractivity contribution in [2.24, 2.45) is 5.92 Å². The van der Waals surface area contributed by atoms with E-state index in [4.69, 9.17) is 9.47 Å². The van der Waals surface area contributed by atoms with E-state index in [9.17, 15) is 4.79 Å². The third-order valence-corrected chi connectivity index (χ3v) is 5.14. The van der Waals surface area contributed by atoms with Crippen molar-refractivity contribution in [3.8, 4) is 0 Å². The van der Waals surface area contributed by atoms with Crippen molar-refractivity contribution in [2.45, 2.75) is 12.5 Å². The molecule has 7 heteroatoms. The first-order valence-electron chi connectivity index (χ1n) is 8.93. The summed E-state index contributed by atoms with van der Waals surface area (Å²) in [5.41, 5.74) is 1.18. The van der Waals surface area contributed by atoms with Gasteiger partial charge in [-0.1, -0.05) is 0 Å². The summed E-state index contributed by atoms with van der Waals surface area (Å²) >= 11 is 0. The van der Waals surface area contributed by atoms with Crippen molar-refractivity contribution in [3.63, 3.8) is 0 Å². The van der Waals surface area contributed by atoms with Crippen molar-refractivity contribution in [1.29, 1.82) is 0 Å². The highest BCUT2D eigenvalue weighted by atomic mass is 16.5. The van der Waals surface area contributed by atoms with E-state index < -0.39 is 0 Å². The largest absolute Gasteiger partial charge is 0.381 e. The Bertz CT molecular complexity index is 720. The van der Waals surface area contributed by atoms with Crippen LogP contribution in [0.4, 0.5) is 0 Å². The highest BCUT2D eigenvalue weighted by Gasteiger charge is 2.31. The predicted molar refractivity (Wildman–Crippen MR) is 93.5 cm³/mol. The number of aromatic nitrogens is 2. The fourth-order valence-electron chi connectivity index (χ4n) is 3.70. The molecule has 0 aliphatic carbocycles. The highest BCUT2D eigenvalue weighted by molar-refractivity contribution is 5.94. The first-order chi connectivity index (χ1) is 12.3. The molecule has 2 aliphatic heterocycles. The lowest BCUT2D eigenvalue weighted by Gasteiger charge is -2.37. The molecule has 0 radical (unpaired) electrons. The molecular formula is C18H24N4O3. The molecule has 7 nitrogen and oxygen atoms in total. The van der Waals surface area contributed by atoms with Gasteiger partial charge in [0.25, 0.3) is 5.91 Å². The number of hydrogen-bond acceptors (Lipinski definition) is 5. The SMILES string of the molecule is O=C(NCC(C1CCOC1)N1CCOCC1)c1ccc2cc[nH]c2n1. The van der Waals surface area contributed by atoms with Gasteiger partial charge in [0.15, 0.2) is 0 Å². The van der Waals surface area contributed by atoms with Gasteiger partial charge < -0.3 is 19.8 Å². The molecule has 2 fully saturated rings. The summed E-state index contributed by atoms with van der Waals surface area (Å²) in [5, 5.41) is 4.08. The quantitative estimate of drug-likeness (QED) is 0.847. The van der Waals surface area contributed by atoms with Gasteiger partial charge >= 0.3 is 0 Å². The Hall–Kier alpha value is -1.96. The normalized spacial score (nSPS) is 23.0. The van der Waals surface area contributed by atoms with E-state index in [1.807, 2.05) is 18.3 Å². The third kappa shape index (κ3) is 3.68. The fraction of sp³-hybridized carbons (Fsp3) is 0.556. The van der Waals surface area contributed by atoms with Crippen LogP contribution in [-0.4, -0.2) is 72.9 Å². The number of pyridine rings is 1. The van der Waals surface area contributed by atoms with Crippen LogP contribution in [0.1, 0.15) is 16.9 Å². The smallest absolute Gasteiger partial charge is 0.270 e. The number of nitrogens with zero attached hydrogens (tertiary/aromatic N) is 2. The van der Waals surface area contributed by atoms with Crippen LogP contribution >= 0.6 is 0 Å². The van der Waals surface area contributed by atoms with Gasteiger partial charge in [-0.2, -0.15) is 0 Å². The molecule has 2 atom stereocenters. The van der Waals surface area contributed by atoms with Crippen LogP contribution in [0.5, 0.6) is 0 Å². The van der Waals surface area contributed by atoms with E-state index in [0.29, 0.717) is 18.2 Å². The van der Waals surface area contributed by atoms with E-state index in [2.05, 4.69) is 20.2 Å². The number of rotatable bonds is 5. The number of carbonyl (C=O) groups is 1. The molecule has 1 amide bonds. The average molecular weight is 344 g/mol. The molecule has 0 bridgehead atoms. The van der Waals surface area contributed by atoms with E-state index in [1.54, 1.807) is 6.07 Å². The van der Waals surface area contributed by atoms with E-state index >= 15 is 0 Å². The predicted octanol–water partition coefficient (Wildman–Crippen LogP) is 1.03. The number of fused-ring (bicyclic) bond motifs is 1. The Kier molecular flexibility index (Phi) is 4.96. The Morgan fingerprint density at radius 1 is 1.28 bits per heavy atom. The summed E-state index contributed by atoms with van der Waals surface area (Å²) < 4.78 is 11.0. The summed E-state index contributed by atoms with van der Waals surface area (Å²) in [6, 6.07) is 5.91. The summed E-state index contributed by atoms with van der Waals surface area (Å²) in [4.78, 5) is 22.4. The zero-order valence-corrected chi connectivity index (χ0v) is 14.2. The fourth-order valence-corrected chi connectivity index (χ4v) is 3.70.